The number of allylic oxidation sites excluding steroid dienone is 1. The van der Waals surface area contributed by atoms with Crippen LogP contribution in [0.5, 0.6) is 23.0 Å². The van der Waals surface area contributed by atoms with Gasteiger partial charge in [0.1, 0.15) is 5.75 Å². The van der Waals surface area contributed by atoms with Crippen molar-refractivity contribution in [3.63, 3.8) is 0 Å². The van der Waals surface area contributed by atoms with E-state index in [0.29, 0.717) is 28.4 Å². The molecule has 0 radical (unpaired) electrons. The highest BCUT2D eigenvalue weighted by molar-refractivity contribution is 6.28. The fourth-order valence-electron chi connectivity index (χ4n) is 2.21. The van der Waals surface area contributed by atoms with E-state index in [0.717, 1.165) is 0 Å². The first kappa shape index (κ1) is 16.4. The van der Waals surface area contributed by atoms with E-state index < -0.39 is 0 Å². The third kappa shape index (κ3) is 3.29. The number of phenols is 1. The summed E-state index contributed by atoms with van der Waals surface area (Å²) < 4.78 is 15.8. The smallest absolute Gasteiger partial charge is 0.203 e. The molecule has 2 aromatic rings. The molecule has 0 spiro atoms. The van der Waals surface area contributed by atoms with Gasteiger partial charge in [-0.1, -0.05) is 18.7 Å². The predicted molar refractivity (Wildman–Crippen MR) is 87.6 cm³/mol. The molecule has 23 heavy (non-hydrogen) atoms. The zero-order valence-corrected chi connectivity index (χ0v) is 13.3. The summed E-state index contributed by atoms with van der Waals surface area (Å²) >= 11 is 0. The Morgan fingerprint density at radius 3 is 2.04 bits per heavy atom. The van der Waals surface area contributed by atoms with E-state index in [1.165, 1.54) is 33.5 Å². The average molecular weight is 314 g/mol. The Kier molecular flexibility index (Phi) is 4.91. The van der Waals surface area contributed by atoms with Crippen molar-refractivity contribution in [3.05, 3.63) is 54.1 Å². The van der Waals surface area contributed by atoms with Crippen LogP contribution < -0.4 is 14.2 Å². The molecule has 0 saturated heterocycles. The van der Waals surface area contributed by atoms with Gasteiger partial charge >= 0.3 is 0 Å². The van der Waals surface area contributed by atoms with Gasteiger partial charge in [0.2, 0.25) is 5.75 Å². The molecule has 2 rings (SSSR count). The standard InChI is InChI=1S/C18H18O5/c1-11(17(20)12-6-5-7-14(19)8-12)13-9-15(21-2)18(23-4)16(10-13)22-3/h5-10,19H,1H2,2-4H3. The molecule has 5 nitrogen and oxygen atoms in total. The van der Waals surface area contributed by atoms with Gasteiger partial charge in [0.05, 0.1) is 21.3 Å². The van der Waals surface area contributed by atoms with Crippen LogP contribution in [-0.4, -0.2) is 32.2 Å². The van der Waals surface area contributed by atoms with Gasteiger partial charge in [-0.05, 0) is 29.8 Å². The molecule has 5 heteroatoms. The number of rotatable bonds is 6. The second kappa shape index (κ2) is 6.87. The summed E-state index contributed by atoms with van der Waals surface area (Å²) in [5, 5.41) is 9.51. The molecular weight excluding hydrogens is 296 g/mol. The van der Waals surface area contributed by atoms with Gasteiger partial charge in [0.25, 0.3) is 0 Å². The Labute approximate surface area is 134 Å². The average Bonchev–Trinajstić information content (AvgIpc) is 2.58. The fourth-order valence-corrected chi connectivity index (χ4v) is 2.21. The Morgan fingerprint density at radius 1 is 0.957 bits per heavy atom. The van der Waals surface area contributed by atoms with Crippen LogP contribution in [0.15, 0.2) is 43.0 Å². The van der Waals surface area contributed by atoms with Gasteiger partial charge in [-0.15, -0.1) is 0 Å². The molecule has 0 heterocycles. The van der Waals surface area contributed by atoms with Crippen molar-refractivity contribution in [2.24, 2.45) is 0 Å². The van der Waals surface area contributed by atoms with Crippen LogP contribution in [0, 0.1) is 0 Å². The molecule has 0 bridgehead atoms. The van der Waals surface area contributed by atoms with Gasteiger partial charge in [0, 0.05) is 11.1 Å². The van der Waals surface area contributed by atoms with Crippen molar-refractivity contribution in [1.29, 1.82) is 0 Å². The number of phenolic OH excluding ortho intramolecular Hbond substituents is 1. The first-order chi connectivity index (χ1) is 11.0. The maximum absolute atomic E-state index is 12.5. The minimum absolute atomic E-state index is 0.0218. The van der Waals surface area contributed by atoms with Crippen molar-refractivity contribution in [3.8, 4) is 23.0 Å². The van der Waals surface area contributed by atoms with Gasteiger partial charge < -0.3 is 19.3 Å². The van der Waals surface area contributed by atoms with Crippen molar-refractivity contribution >= 4 is 11.4 Å². The molecule has 0 atom stereocenters. The van der Waals surface area contributed by atoms with Crippen LogP contribution in [0.1, 0.15) is 15.9 Å². The van der Waals surface area contributed by atoms with Crippen LogP contribution in [-0.2, 0) is 0 Å². The Hall–Kier alpha value is -2.95. The van der Waals surface area contributed by atoms with E-state index in [1.807, 2.05) is 0 Å². The van der Waals surface area contributed by atoms with E-state index in [2.05, 4.69) is 6.58 Å². The van der Waals surface area contributed by atoms with Crippen molar-refractivity contribution in [1.82, 2.24) is 0 Å². The Balaban J connectivity index is 2.45. The maximum Gasteiger partial charge on any atom is 0.203 e. The number of benzene rings is 2. The van der Waals surface area contributed by atoms with Gasteiger partial charge in [-0.2, -0.15) is 0 Å². The fraction of sp³-hybridized carbons (Fsp3) is 0.167. The van der Waals surface area contributed by atoms with Crippen LogP contribution in [0.2, 0.25) is 0 Å². The monoisotopic (exact) mass is 314 g/mol. The van der Waals surface area contributed by atoms with Crippen LogP contribution in [0.4, 0.5) is 0 Å². The molecule has 2 aromatic carbocycles. The third-order valence-electron chi connectivity index (χ3n) is 3.40. The summed E-state index contributed by atoms with van der Waals surface area (Å²) in [5.41, 5.74) is 1.16. The lowest BCUT2D eigenvalue weighted by Crippen LogP contribution is -2.03. The third-order valence-corrected chi connectivity index (χ3v) is 3.40. The van der Waals surface area contributed by atoms with E-state index in [4.69, 9.17) is 14.2 Å². The summed E-state index contributed by atoms with van der Waals surface area (Å²) in [4.78, 5) is 12.5. The number of ketones is 1. The molecule has 0 aromatic heterocycles. The first-order valence-corrected chi connectivity index (χ1v) is 6.84. The summed E-state index contributed by atoms with van der Waals surface area (Å²) in [7, 11) is 4.51. The lowest BCUT2D eigenvalue weighted by atomic mass is 9.97. The lowest BCUT2D eigenvalue weighted by molar-refractivity contribution is 0.105. The van der Waals surface area contributed by atoms with E-state index >= 15 is 0 Å². The molecule has 0 aliphatic rings. The highest BCUT2D eigenvalue weighted by Gasteiger charge is 2.18. The molecule has 1 N–H and O–H groups in total. The van der Waals surface area contributed by atoms with Crippen molar-refractivity contribution < 1.29 is 24.1 Å². The molecule has 0 unspecified atom stereocenters. The second-order valence-corrected chi connectivity index (χ2v) is 4.77. The lowest BCUT2D eigenvalue weighted by Gasteiger charge is -2.15. The number of hydrogen-bond acceptors (Lipinski definition) is 5. The van der Waals surface area contributed by atoms with Gasteiger partial charge in [-0.3, -0.25) is 4.79 Å². The van der Waals surface area contributed by atoms with Crippen LogP contribution >= 0.6 is 0 Å². The number of carbonyl (C=O) groups excluding carboxylic acids is 1. The second-order valence-electron chi connectivity index (χ2n) is 4.77. The number of ether oxygens (including phenoxy) is 3. The molecule has 0 saturated carbocycles. The Morgan fingerprint density at radius 2 is 1.57 bits per heavy atom. The largest absolute Gasteiger partial charge is 0.508 e. The molecule has 0 amide bonds. The quantitative estimate of drug-likeness (QED) is 0.654. The first-order valence-electron chi connectivity index (χ1n) is 6.84. The number of aromatic hydroxyl groups is 1. The summed E-state index contributed by atoms with van der Waals surface area (Å²) in [5.74, 6) is 1.04. The summed E-state index contributed by atoms with van der Waals surface area (Å²) in [6, 6.07) is 9.43. The van der Waals surface area contributed by atoms with E-state index in [1.54, 1.807) is 24.3 Å². The zero-order valence-electron chi connectivity index (χ0n) is 13.3. The van der Waals surface area contributed by atoms with Gasteiger partial charge in [-0.25, -0.2) is 0 Å². The zero-order chi connectivity index (χ0) is 17.0. The van der Waals surface area contributed by atoms with Crippen molar-refractivity contribution in [2.45, 2.75) is 0 Å². The highest BCUT2D eigenvalue weighted by Crippen LogP contribution is 2.40. The minimum Gasteiger partial charge on any atom is -0.508 e. The normalized spacial score (nSPS) is 10.0. The molecule has 120 valence electrons. The Bertz CT molecular complexity index is 724. The molecular formula is C18H18O5. The molecule has 0 aliphatic heterocycles. The number of carbonyl (C=O) groups is 1. The molecule has 0 fully saturated rings. The van der Waals surface area contributed by atoms with E-state index in [-0.39, 0.29) is 17.1 Å². The summed E-state index contributed by atoms with van der Waals surface area (Å²) in [6.07, 6.45) is 0. The minimum atomic E-state index is -0.296. The van der Waals surface area contributed by atoms with Crippen LogP contribution in [0.25, 0.3) is 5.57 Å². The highest BCUT2D eigenvalue weighted by atomic mass is 16.5. The van der Waals surface area contributed by atoms with Gasteiger partial charge in [0.15, 0.2) is 17.3 Å². The maximum atomic E-state index is 12.5. The molecule has 0 aliphatic carbocycles. The van der Waals surface area contributed by atoms with Crippen molar-refractivity contribution in [2.75, 3.05) is 21.3 Å². The number of Topliss-reactive ketones (excluding diaryl/α,β-unsaturated/α-hetero) is 1. The SMILES string of the molecule is C=C(C(=O)c1cccc(O)c1)c1cc(OC)c(OC)c(OC)c1. The summed E-state index contributed by atoms with van der Waals surface area (Å²) in [6.45, 7) is 3.85. The van der Waals surface area contributed by atoms with Crippen LogP contribution in [0.3, 0.4) is 0 Å². The number of hydrogen-bond donors (Lipinski definition) is 1. The van der Waals surface area contributed by atoms with E-state index in [9.17, 15) is 9.90 Å². The predicted octanol–water partition coefficient (Wildman–Crippen LogP) is 3.31. The topological polar surface area (TPSA) is 65.0 Å². The number of methoxy groups -OCH3 is 3.